The second-order valence-corrected chi connectivity index (χ2v) is 6.80. The molecule has 1 N–H and O–H groups in total. The summed E-state index contributed by atoms with van der Waals surface area (Å²) in [5.74, 6) is 1.21. The molecule has 1 aromatic rings. The molecule has 1 aliphatic heterocycles. The van der Waals surface area contributed by atoms with Crippen molar-refractivity contribution in [2.75, 3.05) is 13.1 Å². The second kappa shape index (κ2) is 6.43. The van der Waals surface area contributed by atoms with Gasteiger partial charge in [0.1, 0.15) is 11.9 Å². The average Bonchev–Trinajstić information content (AvgIpc) is 3.02. The molecule has 0 spiro atoms. The minimum atomic E-state index is -0.0492. The largest absolute Gasteiger partial charge is 0.316 e. The van der Waals surface area contributed by atoms with Gasteiger partial charge in [0.05, 0.1) is 0 Å². The van der Waals surface area contributed by atoms with E-state index in [9.17, 15) is 4.39 Å². The van der Waals surface area contributed by atoms with E-state index >= 15 is 0 Å². The Balaban J connectivity index is 1.69. The summed E-state index contributed by atoms with van der Waals surface area (Å²) in [6, 6.07) is 0.0628. The number of rotatable bonds is 3. The standard InChI is InChI=1S/C18H22FN5/c1-12-21-23-24(22-12)18(16-3-2-8-20-11-16)15-5-4-14-10-17(19)7-6-13(14)9-15/h4-7,9,14,16,18,20H,2-3,8,10-11H2,1H3/t14?,16?,18-/m0/s1. The van der Waals surface area contributed by atoms with Crippen LogP contribution >= 0.6 is 0 Å². The van der Waals surface area contributed by atoms with E-state index in [2.05, 4.69) is 39.0 Å². The van der Waals surface area contributed by atoms with E-state index < -0.39 is 0 Å². The van der Waals surface area contributed by atoms with Gasteiger partial charge in [0.2, 0.25) is 0 Å². The fraction of sp³-hybridized carbons (Fsp3) is 0.500. The van der Waals surface area contributed by atoms with E-state index in [-0.39, 0.29) is 17.8 Å². The number of nitrogens with zero attached hydrogens (tertiary/aromatic N) is 4. The Kier molecular flexibility index (Phi) is 4.14. The number of tetrazole rings is 1. The lowest BCUT2D eigenvalue weighted by atomic mass is 9.80. The highest BCUT2D eigenvalue weighted by molar-refractivity contribution is 5.45. The van der Waals surface area contributed by atoms with Crippen LogP contribution in [-0.2, 0) is 0 Å². The lowest BCUT2D eigenvalue weighted by Gasteiger charge is -2.32. The smallest absolute Gasteiger partial charge is 0.171 e. The van der Waals surface area contributed by atoms with E-state index in [1.54, 1.807) is 10.9 Å². The molecule has 3 aliphatic rings. The molecular formula is C18H22FN5. The van der Waals surface area contributed by atoms with Gasteiger partial charge in [-0.1, -0.05) is 24.3 Å². The van der Waals surface area contributed by atoms with Gasteiger partial charge in [-0.05, 0) is 54.7 Å². The maximum atomic E-state index is 13.5. The molecule has 1 aromatic heterocycles. The third-order valence-corrected chi connectivity index (χ3v) is 5.05. The Hall–Kier alpha value is -2.08. The quantitative estimate of drug-likeness (QED) is 0.927. The first kappa shape index (κ1) is 15.4. The van der Waals surface area contributed by atoms with E-state index in [0.29, 0.717) is 18.2 Å². The molecule has 4 rings (SSSR count). The maximum Gasteiger partial charge on any atom is 0.171 e. The van der Waals surface area contributed by atoms with Crippen LogP contribution in [0.2, 0.25) is 0 Å². The van der Waals surface area contributed by atoms with Crippen LogP contribution in [0, 0.1) is 18.8 Å². The molecule has 2 heterocycles. The monoisotopic (exact) mass is 327 g/mol. The lowest BCUT2D eigenvalue weighted by Crippen LogP contribution is -2.37. The number of allylic oxidation sites excluding steroid dienone is 8. The van der Waals surface area contributed by atoms with Crippen LogP contribution in [0.25, 0.3) is 0 Å². The van der Waals surface area contributed by atoms with Crippen molar-refractivity contribution in [3.63, 3.8) is 0 Å². The molecule has 6 heteroatoms. The van der Waals surface area contributed by atoms with Gasteiger partial charge in [-0.3, -0.25) is 0 Å². The highest BCUT2D eigenvalue weighted by Gasteiger charge is 2.31. The summed E-state index contributed by atoms with van der Waals surface area (Å²) >= 11 is 0. The van der Waals surface area contributed by atoms with Gasteiger partial charge in [0, 0.05) is 18.9 Å². The van der Waals surface area contributed by atoms with Crippen LogP contribution in [0.4, 0.5) is 4.39 Å². The number of aromatic nitrogens is 4. The molecule has 2 unspecified atom stereocenters. The van der Waals surface area contributed by atoms with Crippen molar-refractivity contribution in [3.05, 3.63) is 53.2 Å². The van der Waals surface area contributed by atoms with Gasteiger partial charge in [-0.15, -0.1) is 10.2 Å². The van der Waals surface area contributed by atoms with Gasteiger partial charge < -0.3 is 5.32 Å². The number of piperidine rings is 1. The van der Waals surface area contributed by atoms with Gasteiger partial charge in [-0.25, -0.2) is 4.39 Å². The molecular weight excluding hydrogens is 305 g/mol. The summed E-state index contributed by atoms with van der Waals surface area (Å²) in [6.07, 6.45) is 12.6. The summed E-state index contributed by atoms with van der Waals surface area (Å²) in [4.78, 5) is 1.75. The predicted molar refractivity (Wildman–Crippen MR) is 89.8 cm³/mol. The molecule has 1 fully saturated rings. The topological polar surface area (TPSA) is 55.6 Å². The van der Waals surface area contributed by atoms with Crippen molar-refractivity contribution in [1.29, 1.82) is 0 Å². The van der Waals surface area contributed by atoms with Crippen molar-refractivity contribution in [3.8, 4) is 0 Å². The fourth-order valence-electron chi connectivity index (χ4n) is 3.85. The number of halogens is 1. The van der Waals surface area contributed by atoms with E-state index in [1.807, 2.05) is 13.0 Å². The Morgan fingerprint density at radius 3 is 3.04 bits per heavy atom. The first-order chi connectivity index (χ1) is 11.7. The van der Waals surface area contributed by atoms with Crippen LogP contribution in [-0.4, -0.2) is 33.3 Å². The highest BCUT2D eigenvalue weighted by atomic mass is 19.1. The second-order valence-electron chi connectivity index (χ2n) is 6.80. The van der Waals surface area contributed by atoms with E-state index in [4.69, 9.17) is 0 Å². The minimum absolute atomic E-state index is 0.0492. The Bertz CT molecular complexity index is 736. The lowest BCUT2D eigenvalue weighted by molar-refractivity contribution is 0.260. The SMILES string of the molecule is Cc1nnn([C@@H](C2=CC3=CC=C(F)CC3C=C2)C2CCCNC2)n1. The summed E-state index contributed by atoms with van der Waals surface area (Å²) in [7, 11) is 0. The van der Waals surface area contributed by atoms with Gasteiger partial charge >= 0.3 is 0 Å². The molecule has 2 aliphatic carbocycles. The Morgan fingerprint density at radius 2 is 2.29 bits per heavy atom. The molecule has 0 saturated carbocycles. The molecule has 0 bridgehead atoms. The number of nitrogens with one attached hydrogen (secondary N) is 1. The number of aryl methyl sites for hydroxylation is 1. The highest BCUT2D eigenvalue weighted by Crippen LogP contribution is 2.38. The first-order valence-electron chi connectivity index (χ1n) is 8.63. The van der Waals surface area contributed by atoms with Crippen molar-refractivity contribution in [2.24, 2.45) is 11.8 Å². The van der Waals surface area contributed by atoms with Crippen LogP contribution in [0.5, 0.6) is 0 Å². The number of hydrogen-bond acceptors (Lipinski definition) is 4. The van der Waals surface area contributed by atoms with Crippen LogP contribution < -0.4 is 5.32 Å². The van der Waals surface area contributed by atoms with Crippen LogP contribution in [0.3, 0.4) is 0 Å². The van der Waals surface area contributed by atoms with Crippen molar-refractivity contribution >= 4 is 0 Å². The predicted octanol–water partition coefficient (Wildman–Crippen LogP) is 2.82. The van der Waals surface area contributed by atoms with Crippen molar-refractivity contribution in [1.82, 2.24) is 25.5 Å². The molecule has 0 aromatic carbocycles. The number of fused-ring (bicyclic) bond motifs is 1. The number of hydrogen-bond donors (Lipinski definition) is 1. The maximum absolute atomic E-state index is 13.5. The summed E-state index contributed by atoms with van der Waals surface area (Å²) < 4.78 is 13.5. The van der Waals surface area contributed by atoms with E-state index in [1.165, 1.54) is 11.1 Å². The Labute approximate surface area is 141 Å². The summed E-state index contributed by atoms with van der Waals surface area (Å²) in [5.41, 5.74) is 2.35. The fourth-order valence-corrected chi connectivity index (χ4v) is 3.85. The van der Waals surface area contributed by atoms with Crippen LogP contribution in [0.1, 0.15) is 31.1 Å². The third kappa shape index (κ3) is 2.98. The average molecular weight is 327 g/mol. The molecule has 0 radical (unpaired) electrons. The van der Waals surface area contributed by atoms with Crippen LogP contribution in [0.15, 0.2) is 47.4 Å². The molecule has 0 amide bonds. The van der Waals surface area contributed by atoms with E-state index in [0.717, 1.165) is 25.9 Å². The third-order valence-electron chi connectivity index (χ3n) is 5.05. The Morgan fingerprint density at radius 1 is 1.38 bits per heavy atom. The zero-order chi connectivity index (χ0) is 16.5. The summed E-state index contributed by atoms with van der Waals surface area (Å²) in [6.45, 7) is 3.88. The zero-order valence-electron chi connectivity index (χ0n) is 13.8. The zero-order valence-corrected chi connectivity index (χ0v) is 13.8. The van der Waals surface area contributed by atoms with Gasteiger partial charge in [0.25, 0.3) is 0 Å². The summed E-state index contributed by atoms with van der Waals surface area (Å²) in [5, 5.41) is 16.3. The molecule has 24 heavy (non-hydrogen) atoms. The van der Waals surface area contributed by atoms with Crippen molar-refractivity contribution in [2.45, 2.75) is 32.2 Å². The first-order valence-corrected chi connectivity index (χ1v) is 8.63. The van der Waals surface area contributed by atoms with Gasteiger partial charge in [0.15, 0.2) is 5.82 Å². The minimum Gasteiger partial charge on any atom is -0.316 e. The molecule has 5 nitrogen and oxygen atoms in total. The van der Waals surface area contributed by atoms with Gasteiger partial charge in [-0.2, -0.15) is 4.80 Å². The molecule has 3 atom stereocenters. The molecule has 126 valence electrons. The van der Waals surface area contributed by atoms with Crippen molar-refractivity contribution < 1.29 is 4.39 Å². The molecule has 1 saturated heterocycles. The normalized spacial score (nSPS) is 27.8.